The predicted molar refractivity (Wildman–Crippen MR) is 69.2 cm³/mol. The van der Waals surface area contributed by atoms with E-state index in [4.69, 9.17) is 4.98 Å². The molecule has 1 fully saturated rings. The second-order valence-electron chi connectivity index (χ2n) is 5.95. The smallest absolute Gasteiger partial charge is 0.111 e. The molecule has 1 aromatic rings. The molecular formula is C14H23N3. The summed E-state index contributed by atoms with van der Waals surface area (Å²) in [5.41, 5.74) is 1.33. The van der Waals surface area contributed by atoms with E-state index in [2.05, 4.69) is 29.6 Å². The predicted octanol–water partition coefficient (Wildman–Crippen LogP) is 2.27. The van der Waals surface area contributed by atoms with E-state index in [-0.39, 0.29) is 0 Å². The van der Waals surface area contributed by atoms with E-state index in [0.29, 0.717) is 5.92 Å². The van der Waals surface area contributed by atoms with Crippen LogP contribution in [0.2, 0.25) is 0 Å². The summed E-state index contributed by atoms with van der Waals surface area (Å²) in [7, 11) is 2.22. The van der Waals surface area contributed by atoms with Gasteiger partial charge in [0.25, 0.3) is 0 Å². The van der Waals surface area contributed by atoms with Gasteiger partial charge in [0.15, 0.2) is 0 Å². The molecule has 0 N–H and O–H groups in total. The maximum Gasteiger partial charge on any atom is 0.111 e. The molecule has 17 heavy (non-hydrogen) atoms. The fourth-order valence-corrected chi connectivity index (χ4v) is 3.34. The molecule has 0 aromatic carbocycles. The normalized spacial score (nSPS) is 29.5. The lowest BCUT2D eigenvalue weighted by Gasteiger charge is -2.19. The summed E-state index contributed by atoms with van der Waals surface area (Å²) in [5, 5.41) is 0. The van der Waals surface area contributed by atoms with Crippen LogP contribution in [0.5, 0.6) is 0 Å². The number of likely N-dealkylation sites (tertiary alicyclic amines) is 1. The van der Waals surface area contributed by atoms with Crippen molar-refractivity contribution in [2.24, 2.45) is 5.92 Å². The first kappa shape index (κ1) is 11.3. The topological polar surface area (TPSA) is 21.1 Å². The maximum absolute atomic E-state index is 4.86. The van der Waals surface area contributed by atoms with Gasteiger partial charge in [-0.3, -0.25) is 0 Å². The second kappa shape index (κ2) is 4.45. The first-order valence-corrected chi connectivity index (χ1v) is 6.97. The number of nitrogens with zero attached hydrogens (tertiary/aromatic N) is 3. The number of aryl methyl sites for hydroxylation is 1. The molecule has 0 bridgehead atoms. The maximum atomic E-state index is 4.86. The SMILES string of the molecule is CC1CCCn2cc(CC3CCN(C)C3)nc21. The van der Waals surface area contributed by atoms with Crippen molar-refractivity contribution in [1.82, 2.24) is 14.5 Å². The van der Waals surface area contributed by atoms with Crippen molar-refractivity contribution in [2.75, 3.05) is 20.1 Å². The lowest BCUT2D eigenvalue weighted by atomic mass is 10.0. The Balaban J connectivity index is 1.72. The molecule has 94 valence electrons. The molecule has 2 aliphatic heterocycles. The van der Waals surface area contributed by atoms with E-state index in [1.165, 1.54) is 56.8 Å². The molecule has 1 saturated heterocycles. The fourth-order valence-electron chi connectivity index (χ4n) is 3.34. The van der Waals surface area contributed by atoms with Crippen LogP contribution in [0.4, 0.5) is 0 Å². The van der Waals surface area contributed by atoms with Crippen molar-refractivity contribution in [1.29, 1.82) is 0 Å². The van der Waals surface area contributed by atoms with Gasteiger partial charge in [-0.15, -0.1) is 0 Å². The van der Waals surface area contributed by atoms with Crippen LogP contribution in [0.3, 0.4) is 0 Å². The highest BCUT2D eigenvalue weighted by molar-refractivity contribution is 5.10. The van der Waals surface area contributed by atoms with Crippen molar-refractivity contribution >= 4 is 0 Å². The van der Waals surface area contributed by atoms with Crippen molar-refractivity contribution in [3.05, 3.63) is 17.7 Å². The molecule has 0 spiro atoms. The summed E-state index contributed by atoms with van der Waals surface area (Å²) < 4.78 is 2.39. The first-order chi connectivity index (χ1) is 8.22. The Labute approximate surface area is 104 Å². The highest BCUT2D eigenvalue weighted by atomic mass is 15.1. The Hall–Kier alpha value is -0.830. The second-order valence-corrected chi connectivity index (χ2v) is 5.95. The lowest BCUT2D eigenvalue weighted by molar-refractivity contribution is 0.393. The van der Waals surface area contributed by atoms with Crippen molar-refractivity contribution in [3.63, 3.8) is 0 Å². The van der Waals surface area contributed by atoms with Crippen molar-refractivity contribution in [2.45, 2.75) is 45.1 Å². The average Bonchev–Trinajstić information content (AvgIpc) is 2.86. The average molecular weight is 233 g/mol. The Kier molecular flexibility index (Phi) is 2.95. The van der Waals surface area contributed by atoms with E-state index in [1.807, 2.05) is 0 Å². The van der Waals surface area contributed by atoms with Crippen LogP contribution in [0.1, 0.15) is 43.6 Å². The molecule has 3 heteroatoms. The molecule has 3 rings (SSSR count). The molecule has 3 heterocycles. The lowest BCUT2D eigenvalue weighted by Crippen LogP contribution is -2.15. The molecule has 0 aliphatic carbocycles. The third-order valence-electron chi connectivity index (χ3n) is 4.32. The molecule has 1 aromatic heterocycles. The Morgan fingerprint density at radius 3 is 2.94 bits per heavy atom. The first-order valence-electron chi connectivity index (χ1n) is 6.97. The van der Waals surface area contributed by atoms with Crippen LogP contribution in [-0.2, 0) is 13.0 Å². The number of rotatable bonds is 2. The summed E-state index contributed by atoms with van der Waals surface area (Å²) in [6.07, 6.45) is 7.45. The zero-order valence-electron chi connectivity index (χ0n) is 11.0. The quantitative estimate of drug-likeness (QED) is 0.781. The number of fused-ring (bicyclic) bond motifs is 1. The minimum Gasteiger partial charge on any atom is -0.334 e. The zero-order chi connectivity index (χ0) is 11.8. The summed E-state index contributed by atoms with van der Waals surface area (Å²) in [6.45, 7) is 5.99. The van der Waals surface area contributed by atoms with Gasteiger partial charge in [0.1, 0.15) is 5.82 Å². The molecule has 2 aliphatic rings. The van der Waals surface area contributed by atoms with Gasteiger partial charge >= 0.3 is 0 Å². The van der Waals surface area contributed by atoms with Crippen LogP contribution < -0.4 is 0 Å². The standard InChI is InChI=1S/C14H23N3/c1-11-4-3-6-17-10-13(15-14(11)17)8-12-5-7-16(2)9-12/h10-12H,3-9H2,1-2H3. The molecule has 3 nitrogen and oxygen atoms in total. The number of imidazole rings is 1. The van der Waals surface area contributed by atoms with Gasteiger partial charge in [-0.2, -0.15) is 0 Å². The summed E-state index contributed by atoms with van der Waals surface area (Å²) in [6, 6.07) is 0. The van der Waals surface area contributed by atoms with E-state index in [1.54, 1.807) is 0 Å². The van der Waals surface area contributed by atoms with Gasteiger partial charge < -0.3 is 9.47 Å². The summed E-state index contributed by atoms with van der Waals surface area (Å²) in [4.78, 5) is 7.30. The third-order valence-corrected chi connectivity index (χ3v) is 4.32. The zero-order valence-corrected chi connectivity index (χ0v) is 11.0. The van der Waals surface area contributed by atoms with Gasteiger partial charge in [-0.1, -0.05) is 6.92 Å². The van der Waals surface area contributed by atoms with Gasteiger partial charge in [0.2, 0.25) is 0 Å². The van der Waals surface area contributed by atoms with Gasteiger partial charge in [0.05, 0.1) is 5.69 Å². The molecule has 0 radical (unpaired) electrons. The van der Waals surface area contributed by atoms with Gasteiger partial charge in [-0.25, -0.2) is 4.98 Å². The highest BCUT2D eigenvalue weighted by Gasteiger charge is 2.23. The van der Waals surface area contributed by atoms with Crippen LogP contribution in [-0.4, -0.2) is 34.6 Å². The monoisotopic (exact) mass is 233 g/mol. The number of hydrogen-bond acceptors (Lipinski definition) is 2. The van der Waals surface area contributed by atoms with E-state index < -0.39 is 0 Å². The van der Waals surface area contributed by atoms with Crippen LogP contribution in [0.25, 0.3) is 0 Å². The molecular weight excluding hydrogens is 210 g/mol. The molecule has 0 saturated carbocycles. The summed E-state index contributed by atoms with van der Waals surface area (Å²) in [5.74, 6) is 2.81. The third kappa shape index (κ3) is 2.25. The van der Waals surface area contributed by atoms with Crippen LogP contribution >= 0.6 is 0 Å². The Bertz CT molecular complexity index is 396. The fraction of sp³-hybridized carbons (Fsp3) is 0.786. The summed E-state index contributed by atoms with van der Waals surface area (Å²) >= 11 is 0. The van der Waals surface area contributed by atoms with Crippen LogP contribution in [0.15, 0.2) is 6.20 Å². The van der Waals surface area contributed by atoms with Crippen LogP contribution in [0, 0.1) is 5.92 Å². The van der Waals surface area contributed by atoms with E-state index >= 15 is 0 Å². The molecule has 2 unspecified atom stereocenters. The minimum absolute atomic E-state index is 0.656. The highest BCUT2D eigenvalue weighted by Crippen LogP contribution is 2.27. The van der Waals surface area contributed by atoms with Gasteiger partial charge in [0, 0.05) is 25.2 Å². The Morgan fingerprint density at radius 2 is 2.24 bits per heavy atom. The number of aromatic nitrogens is 2. The van der Waals surface area contributed by atoms with E-state index in [9.17, 15) is 0 Å². The number of hydrogen-bond donors (Lipinski definition) is 0. The Morgan fingerprint density at radius 1 is 1.35 bits per heavy atom. The van der Waals surface area contributed by atoms with E-state index in [0.717, 1.165) is 5.92 Å². The van der Waals surface area contributed by atoms with Gasteiger partial charge in [-0.05, 0) is 45.2 Å². The molecule has 0 amide bonds. The largest absolute Gasteiger partial charge is 0.334 e. The molecule has 2 atom stereocenters. The van der Waals surface area contributed by atoms with Crippen molar-refractivity contribution < 1.29 is 0 Å². The van der Waals surface area contributed by atoms with Crippen molar-refractivity contribution in [3.8, 4) is 0 Å². The minimum atomic E-state index is 0.656.